The second-order valence-corrected chi connectivity index (χ2v) is 7.82. The molecular formula is C19H27N3O3. The zero-order chi connectivity index (χ0) is 17.4. The van der Waals surface area contributed by atoms with Crippen molar-refractivity contribution in [3.8, 4) is 0 Å². The Bertz CT molecular complexity index is 663. The van der Waals surface area contributed by atoms with Gasteiger partial charge in [0.2, 0.25) is 11.8 Å². The van der Waals surface area contributed by atoms with Crippen molar-refractivity contribution < 1.29 is 14.1 Å². The molecule has 0 spiro atoms. The average molecular weight is 345 g/mol. The maximum Gasteiger partial charge on any atom is 0.228 e. The molecule has 1 atom stereocenters. The van der Waals surface area contributed by atoms with Gasteiger partial charge in [-0.15, -0.1) is 0 Å². The highest BCUT2D eigenvalue weighted by Gasteiger charge is 2.39. The van der Waals surface area contributed by atoms with Crippen molar-refractivity contribution >= 4 is 11.8 Å². The summed E-state index contributed by atoms with van der Waals surface area (Å²) in [5, 5.41) is 4.19. The Labute approximate surface area is 148 Å². The van der Waals surface area contributed by atoms with Crippen LogP contribution in [0.1, 0.15) is 62.0 Å². The summed E-state index contributed by atoms with van der Waals surface area (Å²) in [5.74, 6) is 0.991. The van der Waals surface area contributed by atoms with E-state index in [0.717, 1.165) is 50.0 Å². The lowest BCUT2D eigenvalue weighted by molar-refractivity contribution is -0.135. The zero-order valence-electron chi connectivity index (χ0n) is 15.0. The number of hydrogen-bond acceptors (Lipinski definition) is 4. The molecule has 0 aromatic carbocycles. The summed E-state index contributed by atoms with van der Waals surface area (Å²) in [6, 6.07) is 0.359. The summed E-state index contributed by atoms with van der Waals surface area (Å²) in [6.45, 7) is 1.06. The first-order valence-electron chi connectivity index (χ1n) is 9.64. The van der Waals surface area contributed by atoms with E-state index >= 15 is 0 Å². The van der Waals surface area contributed by atoms with Crippen molar-refractivity contribution in [1.82, 2.24) is 15.0 Å². The molecule has 1 saturated carbocycles. The monoisotopic (exact) mass is 345 g/mol. The number of aryl methyl sites for hydroxylation is 1. The van der Waals surface area contributed by atoms with Gasteiger partial charge in [-0.05, 0) is 32.1 Å². The van der Waals surface area contributed by atoms with Gasteiger partial charge in [-0.3, -0.25) is 9.59 Å². The Morgan fingerprint density at radius 2 is 2.00 bits per heavy atom. The van der Waals surface area contributed by atoms with Crippen molar-refractivity contribution in [3.05, 3.63) is 17.0 Å². The third kappa shape index (κ3) is 3.18. The molecule has 136 valence electrons. The van der Waals surface area contributed by atoms with E-state index in [1.807, 2.05) is 11.9 Å². The maximum absolute atomic E-state index is 12.8. The van der Waals surface area contributed by atoms with Crippen molar-refractivity contribution in [2.75, 3.05) is 13.6 Å². The number of carbonyl (C=O) groups excluding carboxylic acids is 2. The Morgan fingerprint density at radius 1 is 1.24 bits per heavy atom. The van der Waals surface area contributed by atoms with Gasteiger partial charge < -0.3 is 14.3 Å². The fourth-order valence-electron chi connectivity index (χ4n) is 4.65. The molecule has 6 heteroatoms. The number of nitrogens with zero attached hydrogens (tertiary/aromatic N) is 3. The van der Waals surface area contributed by atoms with Gasteiger partial charge >= 0.3 is 0 Å². The first kappa shape index (κ1) is 16.6. The zero-order valence-corrected chi connectivity index (χ0v) is 15.0. The molecule has 1 saturated heterocycles. The highest BCUT2D eigenvalue weighted by molar-refractivity contribution is 5.89. The molecule has 0 bridgehead atoms. The number of likely N-dealkylation sites (tertiary alicyclic amines) is 1. The molecule has 3 aliphatic rings. The Hall–Kier alpha value is -1.85. The van der Waals surface area contributed by atoms with E-state index in [1.165, 1.54) is 18.4 Å². The quantitative estimate of drug-likeness (QED) is 0.840. The van der Waals surface area contributed by atoms with Gasteiger partial charge in [0.05, 0.1) is 12.5 Å². The molecule has 1 aromatic rings. The Morgan fingerprint density at radius 3 is 2.80 bits per heavy atom. The van der Waals surface area contributed by atoms with E-state index < -0.39 is 0 Å². The summed E-state index contributed by atoms with van der Waals surface area (Å²) in [4.78, 5) is 28.9. The number of rotatable bonds is 4. The van der Waals surface area contributed by atoms with E-state index in [9.17, 15) is 9.59 Å². The largest absolute Gasteiger partial charge is 0.361 e. The summed E-state index contributed by atoms with van der Waals surface area (Å²) >= 11 is 0. The Kier molecular flexibility index (Phi) is 4.52. The minimum absolute atomic E-state index is 0.0569. The lowest BCUT2D eigenvalue weighted by atomic mass is 9.96. The standard InChI is InChI=1S/C19H27N3O3/c1-21(12-16-15-8-4-5-9-17(15)25-20-16)19(24)13-10-18(23)22(11-13)14-6-2-3-7-14/h13-14H,2-12H2,1H3/t13-/m1/s1. The average Bonchev–Trinajstić information content (AvgIpc) is 3.34. The molecule has 2 amide bonds. The molecule has 2 fully saturated rings. The lowest BCUT2D eigenvalue weighted by Gasteiger charge is -2.25. The molecule has 0 N–H and O–H groups in total. The predicted molar refractivity (Wildman–Crippen MR) is 91.7 cm³/mol. The molecule has 4 rings (SSSR count). The normalized spacial score (nSPS) is 24.0. The van der Waals surface area contributed by atoms with Gasteiger partial charge in [-0.25, -0.2) is 0 Å². The van der Waals surface area contributed by atoms with Crippen LogP contribution in [0.15, 0.2) is 4.52 Å². The molecule has 1 aliphatic heterocycles. The SMILES string of the molecule is CN(Cc1noc2c1CCCC2)C(=O)[C@@H]1CC(=O)N(C2CCCC2)C1. The molecule has 0 radical (unpaired) electrons. The minimum Gasteiger partial charge on any atom is -0.361 e. The molecular weight excluding hydrogens is 318 g/mol. The molecule has 6 nitrogen and oxygen atoms in total. The van der Waals surface area contributed by atoms with Crippen LogP contribution in [-0.2, 0) is 29.0 Å². The van der Waals surface area contributed by atoms with Crippen molar-refractivity contribution in [2.24, 2.45) is 5.92 Å². The van der Waals surface area contributed by atoms with Crippen LogP contribution in [0.5, 0.6) is 0 Å². The van der Waals surface area contributed by atoms with Crippen LogP contribution in [0.3, 0.4) is 0 Å². The summed E-state index contributed by atoms with van der Waals surface area (Å²) in [7, 11) is 1.81. The van der Waals surface area contributed by atoms with Crippen LogP contribution in [-0.4, -0.2) is 46.4 Å². The topological polar surface area (TPSA) is 66.7 Å². The lowest BCUT2D eigenvalue weighted by Crippen LogP contribution is -2.37. The summed E-state index contributed by atoms with van der Waals surface area (Å²) < 4.78 is 5.44. The van der Waals surface area contributed by atoms with Gasteiger partial charge in [-0.2, -0.15) is 0 Å². The summed E-state index contributed by atoms with van der Waals surface area (Å²) in [6.07, 6.45) is 9.19. The molecule has 25 heavy (non-hydrogen) atoms. The van der Waals surface area contributed by atoms with Crippen LogP contribution in [0.25, 0.3) is 0 Å². The van der Waals surface area contributed by atoms with Gasteiger partial charge in [0.25, 0.3) is 0 Å². The number of fused-ring (bicyclic) bond motifs is 1. The molecule has 0 unspecified atom stereocenters. The van der Waals surface area contributed by atoms with E-state index in [1.54, 1.807) is 4.90 Å². The van der Waals surface area contributed by atoms with Gasteiger partial charge in [0.15, 0.2) is 0 Å². The highest BCUT2D eigenvalue weighted by atomic mass is 16.5. The fraction of sp³-hybridized carbons (Fsp3) is 0.737. The fourth-order valence-corrected chi connectivity index (χ4v) is 4.65. The molecule has 2 aliphatic carbocycles. The van der Waals surface area contributed by atoms with Crippen molar-refractivity contribution in [3.63, 3.8) is 0 Å². The van der Waals surface area contributed by atoms with E-state index in [0.29, 0.717) is 25.6 Å². The van der Waals surface area contributed by atoms with Gasteiger partial charge in [0.1, 0.15) is 11.5 Å². The first-order valence-corrected chi connectivity index (χ1v) is 9.64. The van der Waals surface area contributed by atoms with Crippen LogP contribution in [0.4, 0.5) is 0 Å². The molecule has 2 heterocycles. The third-order valence-electron chi connectivity index (χ3n) is 6.07. The van der Waals surface area contributed by atoms with Gasteiger partial charge in [-0.1, -0.05) is 18.0 Å². The second-order valence-electron chi connectivity index (χ2n) is 7.82. The number of amides is 2. The van der Waals surface area contributed by atoms with Crippen LogP contribution in [0, 0.1) is 5.92 Å². The maximum atomic E-state index is 12.8. The number of hydrogen-bond donors (Lipinski definition) is 0. The number of aromatic nitrogens is 1. The predicted octanol–water partition coefficient (Wildman–Crippen LogP) is 2.30. The van der Waals surface area contributed by atoms with Crippen LogP contribution in [0.2, 0.25) is 0 Å². The summed E-state index contributed by atoms with van der Waals surface area (Å²) in [5.41, 5.74) is 2.09. The molecule has 1 aromatic heterocycles. The van der Waals surface area contributed by atoms with Gasteiger partial charge in [0, 0.05) is 38.0 Å². The smallest absolute Gasteiger partial charge is 0.228 e. The Balaban J connectivity index is 1.39. The first-order chi connectivity index (χ1) is 12.1. The van der Waals surface area contributed by atoms with Crippen LogP contribution >= 0.6 is 0 Å². The third-order valence-corrected chi connectivity index (χ3v) is 6.07. The van der Waals surface area contributed by atoms with E-state index in [4.69, 9.17) is 4.52 Å². The second kappa shape index (κ2) is 6.81. The van der Waals surface area contributed by atoms with Crippen molar-refractivity contribution in [2.45, 2.75) is 70.4 Å². The highest BCUT2D eigenvalue weighted by Crippen LogP contribution is 2.30. The van der Waals surface area contributed by atoms with Crippen LogP contribution < -0.4 is 0 Å². The number of carbonyl (C=O) groups is 2. The van der Waals surface area contributed by atoms with E-state index in [-0.39, 0.29) is 17.7 Å². The van der Waals surface area contributed by atoms with Crippen molar-refractivity contribution in [1.29, 1.82) is 0 Å². The van der Waals surface area contributed by atoms with E-state index in [2.05, 4.69) is 5.16 Å². The minimum atomic E-state index is -0.208.